The van der Waals surface area contributed by atoms with E-state index >= 15 is 0 Å². The van der Waals surface area contributed by atoms with E-state index in [1.165, 1.54) is 6.42 Å². The van der Waals surface area contributed by atoms with Gasteiger partial charge in [-0.25, -0.2) is 0 Å². The van der Waals surface area contributed by atoms with E-state index in [2.05, 4.69) is 28.0 Å². The Hall–Kier alpha value is -0.390. The van der Waals surface area contributed by atoms with Crippen molar-refractivity contribution < 1.29 is 4.74 Å². The lowest BCUT2D eigenvalue weighted by Gasteiger charge is -2.26. The average molecular weight is 316 g/mol. The van der Waals surface area contributed by atoms with Crippen LogP contribution < -0.4 is 5.73 Å². The predicted molar refractivity (Wildman–Crippen MR) is 75.3 cm³/mol. The molecule has 0 amide bonds. The van der Waals surface area contributed by atoms with Crippen LogP contribution in [0.1, 0.15) is 44.0 Å². The zero-order valence-corrected chi connectivity index (χ0v) is 12.7. The molecule has 1 aliphatic rings. The summed E-state index contributed by atoms with van der Waals surface area (Å²) < 4.78 is 8.99. The highest BCUT2D eigenvalue weighted by Gasteiger charge is 2.21. The quantitative estimate of drug-likeness (QED) is 0.929. The topological polar surface area (TPSA) is 53.1 Å². The van der Waals surface area contributed by atoms with Gasteiger partial charge in [0, 0.05) is 13.1 Å². The van der Waals surface area contributed by atoms with Gasteiger partial charge in [-0.05, 0) is 48.0 Å². The van der Waals surface area contributed by atoms with Gasteiger partial charge in [0.15, 0.2) is 0 Å². The minimum atomic E-state index is 0.306. The van der Waals surface area contributed by atoms with Crippen LogP contribution in [0.3, 0.4) is 0 Å². The van der Waals surface area contributed by atoms with Crippen LogP contribution in [-0.2, 0) is 24.8 Å². The number of ether oxygens (including phenoxy) is 1. The third kappa shape index (κ3) is 3.13. The fraction of sp³-hybridized carbons (Fsp3) is 0.769. The average Bonchev–Trinajstić information content (AvgIpc) is 2.62. The van der Waals surface area contributed by atoms with Gasteiger partial charge in [0.05, 0.1) is 28.6 Å². The van der Waals surface area contributed by atoms with Gasteiger partial charge in [-0.3, -0.25) is 4.68 Å². The molecule has 0 radical (unpaired) electrons. The first-order chi connectivity index (χ1) is 8.61. The van der Waals surface area contributed by atoms with Gasteiger partial charge >= 0.3 is 0 Å². The largest absolute Gasteiger partial charge is 0.372 e. The van der Waals surface area contributed by atoms with Crippen LogP contribution in [0.2, 0.25) is 0 Å². The Morgan fingerprint density at radius 1 is 1.50 bits per heavy atom. The van der Waals surface area contributed by atoms with E-state index < -0.39 is 0 Å². The SMILES string of the molecule is CCc1nn(C)c(COC2CCCC(N)C2)c1Br. The van der Waals surface area contributed by atoms with Gasteiger partial charge in [0.1, 0.15) is 0 Å². The normalized spacial score (nSPS) is 24.4. The molecule has 2 N–H and O–H groups in total. The van der Waals surface area contributed by atoms with Crippen molar-refractivity contribution in [1.29, 1.82) is 0 Å². The molecule has 4 nitrogen and oxygen atoms in total. The van der Waals surface area contributed by atoms with E-state index in [1.807, 2.05) is 11.7 Å². The number of rotatable bonds is 4. The summed E-state index contributed by atoms with van der Waals surface area (Å²) >= 11 is 3.61. The second-order valence-corrected chi connectivity index (χ2v) is 5.84. The number of hydrogen-bond donors (Lipinski definition) is 1. The highest BCUT2D eigenvalue weighted by Crippen LogP contribution is 2.25. The Kier molecular flexibility index (Phi) is 4.81. The van der Waals surface area contributed by atoms with Crippen molar-refractivity contribution in [3.63, 3.8) is 0 Å². The van der Waals surface area contributed by atoms with Crippen LogP contribution in [0.4, 0.5) is 0 Å². The third-order valence-electron chi connectivity index (χ3n) is 3.63. The van der Waals surface area contributed by atoms with E-state index in [0.29, 0.717) is 18.8 Å². The van der Waals surface area contributed by atoms with Crippen molar-refractivity contribution in [2.45, 2.75) is 57.8 Å². The van der Waals surface area contributed by atoms with Crippen molar-refractivity contribution in [1.82, 2.24) is 9.78 Å². The zero-order chi connectivity index (χ0) is 13.1. The van der Waals surface area contributed by atoms with Crippen LogP contribution in [0.25, 0.3) is 0 Å². The Balaban J connectivity index is 1.95. The highest BCUT2D eigenvalue weighted by atomic mass is 79.9. The first kappa shape index (κ1) is 14.0. The molecule has 18 heavy (non-hydrogen) atoms. The van der Waals surface area contributed by atoms with Gasteiger partial charge in [0.2, 0.25) is 0 Å². The minimum absolute atomic E-state index is 0.306. The zero-order valence-electron chi connectivity index (χ0n) is 11.2. The number of halogens is 1. The molecule has 0 aliphatic heterocycles. The standard InChI is InChI=1S/C13H22BrN3O/c1-3-11-13(14)12(17(2)16-11)8-18-10-6-4-5-9(15)7-10/h9-10H,3-8,15H2,1-2H3. The molecule has 0 spiro atoms. The molecule has 1 saturated carbocycles. The molecule has 2 unspecified atom stereocenters. The molecule has 1 fully saturated rings. The Labute approximate surface area is 117 Å². The summed E-state index contributed by atoms with van der Waals surface area (Å²) in [6.45, 7) is 2.72. The molecule has 1 aliphatic carbocycles. The fourth-order valence-electron chi connectivity index (χ4n) is 2.51. The molecule has 0 saturated heterocycles. The van der Waals surface area contributed by atoms with Crippen molar-refractivity contribution in [3.05, 3.63) is 15.9 Å². The minimum Gasteiger partial charge on any atom is -0.372 e. The summed E-state index contributed by atoms with van der Waals surface area (Å²) in [4.78, 5) is 0. The van der Waals surface area contributed by atoms with E-state index in [1.54, 1.807) is 0 Å². The van der Waals surface area contributed by atoms with Crippen LogP contribution in [-0.4, -0.2) is 21.9 Å². The molecule has 1 aromatic rings. The number of nitrogens with zero attached hydrogens (tertiary/aromatic N) is 2. The van der Waals surface area contributed by atoms with E-state index in [-0.39, 0.29) is 0 Å². The molecular formula is C13H22BrN3O. The van der Waals surface area contributed by atoms with Gasteiger partial charge in [-0.1, -0.05) is 6.92 Å². The molecule has 2 rings (SSSR count). The fourth-order valence-corrected chi connectivity index (χ4v) is 3.24. The van der Waals surface area contributed by atoms with Crippen LogP contribution in [0.15, 0.2) is 4.47 Å². The van der Waals surface area contributed by atoms with Crippen LogP contribution in [0.5, 0.6) is 0 Å². The maximum atomic E-state index is 5.99. The monoisotopic (exact) mass is 315 g/mol. The van der Waals surface area contributed by atoms with E-state index in [9.17, 15) is 0 Å². The van der Waals surface area contributed by atoms with Crippen LogP contribution in [0, 0.1) is 0 Å². The number of hydrogen-bond acceptors (Lipinski definition) is 3. The predicted octanol–water partition coefficient (Wildman–Crippen LogP) is 2.53. The van der Waals surface area contributed by atoms with Crippen molar-refractivity contribution in [2.24, 2.45) is 12.8 Å². The van der Waals surface area contributed by atoms with Gasteiger partial charge in [-0.15, -0.1) is 0 Å². The molecule has 2 atom stereocenters. The van der Waals surface area contributed by atoms with Gasteiger partial charge in [0.25, 0.3) is 0 Å². The Morgan fingerprint density at radius 2 is 2.28 bits per heavy atom. The summed E-state index contributed by atoms with van der Waals surface area (Å²) in [5, 5.41) is 4.47. The highest BCUT2D eigenvalue weighted by molar-refractivity contribution is 9.10. The van der Waals surface area contributed by atoms with Crippen LogP contribution >= 0.6 is 15.9 Å². The number of aryl methyl sites for hydroxylation is 2. The third-order valence-corrected chi connectivity index (χ3v) is 4.54. The Morgan fingerprint density at radius 3 is 2.89 bits per heavy atom. The van der Waals surface area contributed by atoms with Gasteiger partial charge < -0.3 is 10.5 Å². The molecule has 0 bridgehead atoms. The molecule has 1 heterocycles. The van der Waals surface area contributed by atoms with Crippen molar-refractivity contribution in [2.75, 3.05) is 0 Å². The second-order valence-electron chi connectivity index (χ2n) is 5.04. The smallest absolute Gasteiger partial charge is 0.0900 e. The van der Waals surface area contributed by atoms with E-state index in [4.69, 9.17) is 10.5 Å². The summed E-state index contributed by atoms with van der Waals surface area (Å²) in [5.74, 6) is 0. The first-order valence-corrected chi connectivity index (χ1v) is 7.48. The summed E-state index contributed by atoms with van der Waals surface area (Å²) in [5.41, 5.74) is 8.18. The van der Waals surface area contributed by atoms with Crippen molar-refractivity contribution >= 4 is 15.9 Å². The Bertz CT molecular complexity index is 405. The first-order valence-electron chi connectivity index (χ1n) is 6.69. The number of nitrogens with two attached hydrogens (primary N) is 1. The number of aromatic nitrogens is 2. The molecule has 0 aromatic carbocycles. The maximum Gasteiger partial charge on any atom is 0.0900 e. The molecule has 102 valence electrons. The second kappa shape index (κ2) is 6.17. The molecule has 1 aromatic heterocycles. The summed E-state index contributed by atoms with van der Waals surface area (Å²) in [6, 6.07) is 0.310. The van der Waals surface area contributed by atoms with Gasteiger partial charge in [-0.2, -0.15) is 5.10 Å². The maximum absolute atomic E-state index is 5.99. The molecular weight excluding hydrogens is 294 g/mol. The lowest BCUT2D eigenvalue weighted by Crippen LogP contribution is -2.32. The lowest BCUT2D eigenvalue weighted by atomic mass is 9.93. The summed E-state index contributed by atoms with van der Waals surface area (Å²) in [7, 11) is 1.97. The van der Waals surface area contributed by atoms with Crippen molar-refractivity contribution in [3.8, 4) is 0 Å². The summed E-state index contributed by atoms with van der Waals surface area (Å²) in [6.07, 6.45) is 5.66. The van der Waals surface area contributed by atoms with E-state index in [0.717, 1.165) is 41.5 Å². The molecule has 5 heteroatoms. The lowest BCUT2D eigenvalue weighted by molar-refractivity contribution is 0.00913.